The highest BCUT2D eigenvalue weighted by Gasteiger charge is 2.42. The van der Waals surface area contributed by atoms with Crippen molar-refractivity contribution in [2.45, 2.75) is 38.0 Å². The van der Waals surface area contributed by atoms with Crippen LogP contribution in [0.4, 0.5) is 10.1 Å². The van der Waals surface area contributed by atoms with Crippen LogP contribution in [0.2, 0.25) is 0 Å². The Balaban J connectivity index is 1.91. The summed E-state index contributed by atoms with van der Waals surface area (Å²) in [6.45, 7) is 1.81. The van der Waals surface area contributed by atoms with Crippen LogP contribution >= 0.6 is 15.9 Å². The van der Waals surface area contributed by atoms with E-state index in [2.05, 4.69) is 21.2 Å². The van der Waals surface area contributed by atoms with Gasteiger partial charge in [-0.1, -0.05) is 40.9 Å². The van der Waals surface area contributed by atoms with Crippen molar-refractivity contribution >= 4 is 27.5 Å². The molecule has 2 aromatic rings. The molecule has 23 heavy (non-hydrogen) atoms. The van der Waals surface area contributed by atoms with Gasteiger partial charge in [0.25, 0.3) is 0 Å². The maximum Gasteiger partial charge on any atom is 0.235 e. The summed E-state index contributed by atoms with van der Waals surface area (Å²) in [5.41, 5.74) is 1.99. The van der Waals surface area contributed by atoms with E-state index in [-0.39, 0.29) is 11.7 Å². The molecule has 1 saturated carbocycles. The van der Waals surface area contributed by atoms with Gasteiger partial charge in [0, 0.05) is 10.2 Å². The zero-order valence-electron chi connectivity index (χ0n) is 13.0. The van der Waals surface area contributed by atoms with Crippen LogP contribution in [0.25, 0.3) is 0 Å². The van der Waals surface area contributed by atoms with Gasteiger partial charge in [-0.2, -0.15) is 0 Å². The van der Waals surface area contributed by atoms with E-state index < -0.39 is 5.41 Å². The van der Waals surface area contributed by atoms with Crippen molar-refractivity contribution in [2.75, 3.05) is 5.32 Å². The molecular weight excluding hydrogens is 357 g/mol. The van der Waals surface area contributed by atoms with Crippen LogP contribution in [0.1, 0.15) is 36.8 Å². The Bertz CT molecular complexity index is 721. The standard InChI is InChI=1S/C19H19BrFNO/c1-13-12-16(21)8-9-17(13)22-18(23)19(10-2-3-11-19)14-4-6-15(20)7-5-14/h4-9,12H,2-3,10-11H2,1H3,(H,22,23). The fourth-order valence-corrected chi connectivity index (χ4v) is 3.67. The number of aryl methyl sites for hydroxylation is 1. The minimum Gasteiger partial charge on any atom is -0.325 e. The molecule has 0 unspecified atom stereocenters. The summed E-state index contributed by atoms with van der Waals surface area (Å²) in [5.74, 6) is -0.281. The summed E-state index contributed by atoms with van der Waals surface area (Å²) >= 11 is 3.44. The van der Waals surface area contributed by atoms with Crippen LogP contribution in [0, 0.1) is 12.7 Å². The molecule has 1 aliphatic rings. The number of rotatable bonds is 3. The van der Waals surface area contributed by atoms with Gasteiger partial charge in [-0.05, 0) is 61.2 Å². The topological polar surface area (TPSA) is 29.1 Å². The zero-order valence-corrected chi connectivity index (χ0v) is 14.6. The minimum absolute atomic E-state index is 0.00651. The third kappa shape index (κ3) is 3.18. The summed E-state index contributed by atoms with van der Waals surface area (Å²) in [4.78, 5) is 13.0. The fourth-order valence-electron chi connectivity index (χ4n) is 3.40. The maximum atomic E-state index is 13.2. The zero-order chi connectivity index (χ0) is 16.4. The highest BCUT2D eigenvalue weighted by atomic mass is 79.9. The highest BCUT2D eigenvalue weighted by molar-refractivity contribution is 9.10. The molecule has 0 aliphatic heterocycles. The molecule has 0 spiro atoms. The van der Waals surface area contributed by atoms with Crippen molar-refractivity contribution in [3.05, 3.63) is 63.9 Å². The lowest BCUT2D eigenvalue weighted by atomic mass is 9.78. The minimum atomic E-state index is -0.485. The third-order valence-corrected chi connectivity index (χ3v) is 5.25. The lowest BCUT2D eigenvalue weighted by molar-refractivity contribution is -0.121. The summed E-state index contributed by atoms with van der Waals surface area (Å²) in [7, 11) is 0. The number of hydrogen-bond donors (Lipinski definition) is 1. The van der Waals surface area contributed by atoms with E-state index in [1.54, 1.807) is 13.0 Å². The Morgan fingerprint density at radius 3 is 2.39 bits per heavy atom. The van der Waals surface area contributed by atoms with Gasteiger partial charge in [0.2, 0.25) is 5.91 Å². The number of anilines is 1. The Labute approximate surface area is 144 Å². The average Bonchev–Trinajstić information content (AvgIpc) is 3.01. The summed E-state index contributed by atoms with van der Waals surface area (Å²) in [6, 6.07) is 12.4. The van der Waals surface area contributed by atoms with Crippen molar-refractivity contribution in [1.29, 1.82) is 0 Å². The van der Waals surface area contributed by atoms with Gasteiger partial charge < -0.3 is 5.32 Å². The largest absolute Gasteiger partial charge is 0.325 e. The smallest absolute Gasteiger partial charge is 0.235 e. The average molecular weight is 376 g/mol. The van der Waals surface area contributed by atoms with Crippen molar-refractivity contribution in [3.8, 4) is 0 Å². The first-order chi connectivity index (χ1) is 11.0. The van der Waals surface area contributed by atoms with Crippen molar-refractivity contribution < 1.29 is 9.18 Å². The molecule has 1 N–H and O–H groups in total. The van der Waals surface area contributed by atoms with Crippen molar-refractivity contribution in [3.63, 3.8) is 0 Å². The SMILES string of the molecule is Cc1cc(F)ccc1NC(=O)C1(c2ccc(Br)cc2)CCCC1. The molecule has 120 valence electrons. The van der Waals surface area contributed by atoms with E-state index in [0.29, 0.717) is 5.69 Å². The Kier molecular flexibility index (Phi) is 4.53. The molecule has 0 radical (unpaired) electrons. The molecule has 1 aliphatic carbocycles. The Morgan fingerprint density at radius 1 is 1.13 bits per heavy atom. The number of halogens is 2. The molecular formula is C19H19BrFNO. The predicted molar refractivity (Wildman–Crippen MR) is 94.1 cm³/mol. The van der Waals surface area contributed by atoms with E-state index in [1.807, 2.05) is 24.3 Å². The van der Waals surface area contributed by atoms with Crippen LogP contribution in [0.3, 0.4) is 0 Å². The van der Waals surface area contributed by atoms with Gasteiger partial charge in [-0.15, -0.1) is 0 Å². The van der Waals surface area contributed by atoms with Crippen LogP contribution < -0.4 is 5.32 Å². The first kappa shape index (κ1) is 16.2. The predicted octanol–water partition coefficient (Wildman–Crippen LogP) is 5.35. The van der Waals surface area contributed by atoms with E-state index in [9.17, 15) is 9.18 Å². The molecule has 2 nitrogen and oxygen atoms in total. The molecule has 0 atom stereocenters. The summed E-state index contributed by atoms with van der Waals surface area (Å²) in [6.07, 6.45) is 3.79. The highest BCUT2D eigenvalue weighted by Crippen LogP contribution is 2.42. The Morgan fingerprint density at radius 2 is 1.78 bits per heavy atom. The van der Waals surface area contributed by atoms with Crippen LogP contribution in [0.5, 0.6) is 0 Å². The van der Waals surface area contributed by atoms with E-state index in [4.69, 9.17) is 0 Å². The van der Waals surface area contributed by atoms with Crippen LogP contribution in [-0.4, -0.2) is 5.91 Å². The van der Waals surface area contributed by atoms with Crippen LogP contribution in [-0.2, 0) is 10.2 Å². The number of carbonyl (C=O) groups excluding carboxylic acids is 1. The first-order valence-electron chi connectivity index (χ1n) is 7.85. The number of hydrogen-bond acceptors (Lipinski definition) is 1. The van der Waals surface area contributed by atoms with Gasteiger partial charge in [0.05, 0.1) is 5.41 Å². The number of nitrogens with one attached hydrogen (secondary N) is 1. The van der Waals surface area contributed by atoms with Gasteiger partial charge in [-0.25, -0.2) is 4.39 Å². The lowest BCUT2D eigenvalue weighted by Gasteiger charge is -2.28. The second kappa shape index (κ2) is 6.44. The molecule has 0 heterocycles. The molecule has 0 aromatic heterocycles. The van der Waals surface area contributed by atoms with Crippen molar-refractivity contribution in [2.24, 2.45) is 0 Å². The third-order valence-electron chi connectivity index (χ3n) is 4.73. The molecule has 2 aromatic carbocycles. The Hall–Kier alpha value is -1.68. The summed E-state index contributed by atoms with van der Waals surface area (Å²) < 4.78 is 14.3. The van der Waals surface area contributed by atoms with Gasteiger partial charge in [0.15, 0.2) is 0 Å². The van der Waals surface area contributed by atoms with E-state index in [1.165, 1.54) is 12.1 Å². The normalized spacial score (nSPS) is 16.3. The quantitative estimate of drug-likeness (QED) is 0.769. The number of carbonyl (C=O) groups is 1. The monoisotopic (exact) mass is 375 g/mol. The molecule has 0 saturated heterocycles. The van der Waals surface area contributed by atoms with Gasteiger partial charge in [-0.3, -0.25) is 4.79 Å². The second-order valence-corrected chi connectivity index (χ2v) is 7.13. The second-order valence-electron chi connectivity index (χ2n) is 6.21. The number of amides is 1. The molecule has 1 fully saturated rings. The molecule has 3 rings (SSSR count). The van der Waals surface area contributed by atoms with Gasteiger partial charge in [0.1, 0.15) is 5.82 Å². The maximum absolute atomic E-state index is 13.2. The molecule has 1 amide bonds. The van der Waals surface area contributed by atoms with Crippen LogP contribution in [0.15, 0.2) is 46.9 Å². The molecule has 4 heteroatoms. The number of benzene rings is 2. The van der Waals surface area contributed by atoms with Gasteiger partial charge >= 0.3 is 0 Å². The molecule has 0 bridgehead atoms. The first-order valence-corrected chi connectivity index (χ1v) is 8.64. The van der Waals surface area contributed by atoms with E-state index in [0.717, 1.165) is 41.3 Å². The van der Waals surface area contributed by atoms with Crippen molar-refractivity contribution in [1.82, 2.24) is 0 Å². The van der Waals surface area contributed by atoms with E-state index >= 15 is 0 Å². The lowest BCUT2D eigenvalue weighted by Crippen LogP contribution is -2.38. The summed E-state index contributed by atoms with van der Waals surface area (Å²) in [5, 5.41) is 3.02. The fraction of sp³-hybridized carbons (Fsp3) is 0.316.